The van der Waals surface area contributed by atoms with Gasteiger partial charge in [-0.1, -0.05) is 43.5 Å². The van der Waals surface area contributed by atoms with Gasteiger partial charge in [-0.15, -0.1) is 0 Å². The molecule has 2 heterocycles. The maximum atomic E-state index is 11.4. The van der Waals surface area contributed by atoms with Crippen molar-refractivity contribution in [3.05, 3.63) is 47.0 Å². The third kappa shape index (κ3) is 3.90. The number of carbonyl (C=O) groups excluding carboxylic acids is 1. The van der Waals surface area contributed by atoms with Crippen molar-refractivity contribution < 1.29 is 4.79 Å². The van der Waals surface area contributed by atoms with Crippen molar-refractivity contribution >= 4 is 5.91 Å². The van der Waals surface area contributed by atoms with Gasteiger partial charge >= 0.3 is 0 Å². The molecule has 1 aliphatic carbocycles. The molecular formula is C21H29N5O. The first-order valence-electron chi connectivity index (χ1n) is 10.2. The van der Waals surface area contributed by atoms with Crippen molar-refractivity contribution in [1.29, 1.82) is 0 Å². The summed E-state index contributed by atoms with van der Waals surface area (Å²) < 4.78 is 2.11. The fraction of sp³-hybridized carbons (Fsp3) is 0.571. The van der Waals surface area contributed by atoms with Crippen LogP contribution in [0.1, 0.15) is 73.9 Å². The van der Waals surface area contributed by atoms with Gasteiger partial charge in [0.15, 0.2) is 5.82 Å². The maximum absolute atomic E-state index is 11.4. The highest BCUT2D eigenvalue weighted by Crippen LogP contribution is 2.32. The number of nitrogens with two attached hydrogens (primary N) is 1. The van der Waals surface area contributed by atoms with Gasteiger partial charge < -0.3 is 5.73 Å². The molecule has 0 saturated heterocycles. The van der Waals surface area contributed by atoms with Gasteiger partial charge in [-0.3, -0.25) is 9.69 Å². The van der Waals surface area contributed by atoms with Crippen molar-refractivity contribution in [2.24, 2.45) is 5.73 Å². The van der Waals surface area contributed by atoms with Crippen LogP contribution in [0.4, 0.5) is 0 Å². The molecule has 1 amide bonds. The number of hydrogen-bond acceptors (Lipinski definition) is 4. The fourth-order valence-electron chi connectivity index (χ4n) is 4.50. The normalized spacial score (nSPS) is 19.6. The molecular weight excluding hydrogens is 338 g/mol. The summed E-state index contributed by atoms with van der Waals surface area (Å²) in [6, 6.07) is 9.23. The zero-order valence-electron chi connectivity index (χ0n) is 16.1. The van der Waals surface area contributed by atoms with Gasteiger partial charge in [0.05, 0.1) is 18.5 Å². The molecule has 2 N–H and O–H groups in total. The number of amides is 1. The highest BCUT2D eigenvalue weighted by molar-refractivity contribution is 5.75. The smallest absolute Gasteiger partial charge is 0.225 e. The predicted molar refractivity (Wildman–Crippen MR) is 104 cm³/mol. The average molecular weight is 367 g/mol. The highest BCUT2D eigenvalue weighted by atomic mass is 16.1. The van der Waals surface area contributed by atoms with Crippen LogP contribution < -0.4 is 5.73 Å². The second-order valence-corrected chi connectivity index (χ2v) is 7.93. The minimum Gasteiger partial charge on any atom is -0.369 e. The predicted octanol–water partition coefficient (Wildman–Crippen LogP) is 2.93. The van der Waals surface area contributed by atoms with Crippen molar-refractivity contribution in [1.82, 2.24) is 19.7 Å². The number of aromatic nitrogens is 3. The summed E-state index contributed by atoms with van der Waals surface area (Å²) in [6.45, 7) is 4.16. The summed E-state index contributed by atoms with van der Waals surface area (Å²) in [7, 11) is 0. The van der Waals surface area contributed by atoms with Gasteiger partial charge in [0.2, 0.25) is 5.91 Å². The zero-order valence-corrected chi connectivity index (χ0v) is 16.1. The van der Waals surface area contributed by atoms with E-state index < -0.39 is 0 Å². The van der Waals surface area contributed by atoms with Crippen molar-refractivity contribution in [3.63, 3.8) is 0 Å². The molecule has 1 saturated carbocycles. The van der Waals surface area contributed by atoms with E-state index in [-0.39, 0.29) is 18.4 Å². The van der Waals surface area contributed by atoms with Crippen LogP contribution in [0.3, 0.4) is 0 Å². The molecule has 0 radical (unpaired) electrons. The monoisotopic (exact) mass is 367 g/mol. The molecule has 6 nitrogen and oxygen atoms in total. The molecule has 1 aromatic carbocycles. The number of hydrogen-bond donors (Lipinski definition) is 1. The summed E-state index contributed by atoms with van der Waals surface area (Å²) in [5, 5.41) is 4.71. The Morgan fingerprint density at radius 3 is 2.70 bits per heavy atom. The summed E-state index contributed by atoms with van der Waals surface area (Å²) in [6.07, 6.45) is 7.23. The molecule has 0 spiro atoms. The maximum Gasteiger partial charge on any atom is 0.225 e. The second kappa shape index (κ2) is 7.80. The van der Waals surface area contributed by atoms with Crippen molar-refractivity contribution in [3.8, 4) is 0 Å². The average Bonchev–Trinajstić information content (AvgIpc) is 3.10. The van der Waals surface area contributed by atoms with Gasteiger partial charge in [0, 0.05) is 13.1 Å². The minimum atomic E-state index is -0.373. The molecule has 0 bridgehead atoms. The van der Waals surface area contributed by atoms with Crippen LogP contribution in [0.25, 0.3) is 0 Å². The number of nitrogens with zero attached hydrogens (tertiary/aromatic N) is 4. The van der Waals surface area contributed by atoms with E-state index in [1.165, 1.54) is 30.4 Å². The van der Waals surface area contributed by atoms with E-state index in [0.717, 1.165) is 38.2 Å². The fourth-order valence-corrected chi connectivity index (χ4v) is 4.50. The van der Waals surface area contributed by atoms with Gasteiger partial charge in [-0.2, -0.15) is 5.10 Å². The Bertz CT molecular complexity index is 809. The molecule has 1 fully saturated rings. The molecule has 27 heavy (non-hydrogen) atoms. The Hall–Kier alpha value is -2.21. The van der Waals surface area contributed by atoms with E-state index in [9.17, 15) is 4.79 Å². The standard InChI is InChI=1S/C21H29N5O/c1-15(25-12-11-16-7-5-6-8-17(16)14-25)21-23-20(13-19(22)27)24-26(21)18-9-3-2-4-10-18/h5-8,15,18H,2-4,9-14H2,1H3,(H2,22,27)/t15-/m0/s1. The molecule has 6 heteroatoms. The summed E-state index contributed by atoms with van der Waals surface area (Å²) >= 11 is 0. The lowest BCUT2D eigenvalue weighted by molar-refractivity contribution is -0.117. The van der Waals surface area contributed by atoms with E-state index in [0.29, 0.717) is 11.9 Å². The van der Waals surface area contributed by atoms with E-state index in [1.54, 1.807) is 0 Å². The number of benzene rings is 1. The van der Waals surface area contributed by atoms with Crippen LogP contribution in [0.5, 0.6) is 0 Å². The lowest BCUT2D eigenvalue weighted by atomic mass is 9.95. The third-order valence-electron chi connectivity index (χ3n) is 6.04. The molecule has 1 aliphatic heterocycles. The Kier molecular flexibility index (Phi) is 5.25. The minimum absolute atomic E-state index is 0.113. The second-order valence-electron chi connectivity index (χ2n) is 7.93. The van der Waals surface area contributed by atoms with Crippen LogP contribution in [-0.4, -0.2) is 32.1 Å². The molecule has 144 valence electrons. The van der Waals surface area contributed by atoms with Crippen LogP contribution in [0.15, 0.2) is 24.3 Å². The SMILES string of the molecule is C[C@@H](c1nc(CC(N)=O)nn1C1CCCCC1)N1CCc2ccccc2C1. The van der Waals surface area contributed by atoms with E-state index in [4.69, 9.17) is 15.8 Å². The number of fused-ring (bicyclic) bond motifs is 1. The number of carbonyl (C=O) groups is 1. The number of rotatable bonds is 5. The topological polar surface area (TPSA) is 77.0 Å². The Balaban J connectivity index is 1.61. The quantitative estimate of drug-likeness (QED) is 0.881. The lowest BCUT2D eigenvalue weighted by Crippen LogP contribution is -2.34. The van der Waals surface area contributed by atoms with Crippen molar-refractivity contribution in [2.75, 3.05) is 6.54 Å². The molecule has 0 unspecified atom stereocenters. The Labute approximate surface area is 160 Å². The first-order chi connectivity index (χ1) is 13.1. The van der Waals surface area contributed by atoms with Gasteiger partial charge in [-0.25, -0.2) is 9.67 Å². The first-order valence-corrected chi connectivity index (χ1v) is 10.2. The molecule has 2 aromatic rings. The highest BCUT2D eigenvalue weighted by Gasteiger charge is 2.29. The largest absolute Gasteiger partial charge is 0.369 e. The van der Waals surface area contributed by atoms with Crippen LogP contribution in [0.2, 0.25) is 0 Å². The summed E-state index contributed by atoms with van der Waals surface area (Å²) in [5.74, 6) is 1.17. The summed E-state index contributed by atoms with van der Waals surface area (Å²) in [5.41, 5.74) is 8.24. The van der Waals surface area contributed by atoms with Crippen LogP contribution in [0, 0.1) is 0 Å². The zero-order chi connectivity index (χ0) is 18.8. The van der Waals surface area contributed by atoms with Gasteiger partial charge in [0.1, 0.15) is 5.82 Å². The van der Waals surface area contributed by atoms with Crippen LogP contribution >= 0.6 is 0 Å². The molecule has 2 aliphatic rings. The van der Waals surface area contributed by atoms with E-state index in [2.05, 4.69) is 40.8 Å². The van der Waals surface area contributed by atoms with Crippen molar-refractivity contribution in [2.45, 2.75) is 70.5 Å². The van der Waals surface area contributed by atoms with Crippen LogP contribution in [-0.2, 0) is 24.2 Å². The van der Waals surface area contributed by atoms with Gasteiger partial charge in [0.25, 0.3) is 0 Å². The third-order valence-corrected chi connectivity index (χ3v) is 6.04. The first kappa shape index (κ1) is 18.2. The molecule has 1 aromatic heterocycles. The Morgan fingerprint density at radius 2 is 1.96 bits per heavy atom. The molecule has 4 rings (SSSR count). The van der Waals surface area contributed by atoms with E-state index >= 15 is 0 Å². The summed E-state index contributed by atoms with van der Waals surface area (Å²) in [4.78, 5) is 18.6. The lowest BCUT2D eigenvalue weighted by Gasteiger charge is -2.34. The van der Waals surface area contributed by atoms with E-state index in [1.807, 2.05) is 0 Å². The van der Waals surface area contributed by atoms with Gasteiger partial charge in [-0.05, 0) is 37.3 Å². The molecule has 1 atom stereocenters. The Morgan fingerprint density at radius 1 is 1.22 bits per heavy atom. The number of primary amides is 1.